The molecule has 4 rings (SSSR count). The number of aliphatic hydroxyl groups is 2. The van der Waals surface area contributed by atoms with E-state index in [1.165, 1.54) is 38.5 Å². The fourth-order valence-electron chi connectivity index (χ4n) is 5.55. The van der Waals surface area contributed by atoms with Crippen LogP contribution in [-0.2, 0) is 5.60 Å². The van der Waals surface area contributed by atoms with Gasteiger partial charge in [0.25, 0.3) is 0 Å². The third-order valence-electron chi connectivity index (χ3n) is 7.47. The minimum Gasteiger partial charge on any atom is -0.388 e. The van der Waals surface area contributed by atoms with E-state index in [0.717, 1.165) is 24.6 Å². The second kappa shape index (κ2) is 9.96. The Morgan fingerprint density at radius 1 is 1.06 bits per heavy atom. The number of piperidine rings is 1. The van der Waals surface area contributed by atoms with Crippen LogP contribution in [0, 0.1) is 23.2 Å². The second-order valence-electron chi connectivity index (χ2n) is 9.42. The van der Waals surface area contributed by atoms with Crippen molar-refractivity contribution in [3.8, 4) is 6.07 Å². The highest BCUT2D eigenvalue weighted by molar-refractivity contribution is 5.35. The Balaban J connectivity index is 1.55. The Morgan fingerprint density at radius 3 is 2.58 bits per heavy atom. The summed E-state index contributed by atoms with van der Waals surface area (Å²) in [7, 11) is 0. The van der Waals surface area contributed by atoms with Gasteiger partial charge in [-0.1, -0.05) is 74.6 Å². The molecule has 0 amide bonds. The summed E-state index contributed by atoms with van der Waals surface area (Å²) in [4.78, 5) is 2.42. The molecule has 4 nitrogen and oxygen atoms in total. The molecule has 2 aromatic carbocycles. The highest BCUT2D eigenvalue weighted by Crippen LogP contribution is 2.44. The van der Waals surface area contributed by atoms with Gasteiger partial charge in [-0.05, 0) is 48.6 Å². The predicted octanol–water partition coefficient (Wildman–Crippen LogP) is 4.77. The average Bonchev–Trinajstić information content (AvgIpc) is 2.84. The number of aliphatic hydroxyl groups excluding tert-OH is 1. The molecule has 0 bridgehead atoms. The van der Waals surface area contributed by atoms with Crippen molar-refractivity contribution in [3.05, 3.63) is 71.3 Å². The molecule has 2 fully saturated rings. The van der Waals surface area contributed by atoms with Crippen LogP contribution in [0.25, 0.3) is 0 Å². The molecule has 1 aliphatic carbocycles. The molecule has 2 N–H and O–H groups in total. The standard InChI is InChI=1S/C27H34N2O2/c28-19-22-10-7-11-23(18-22)26(30)25-20-29(16-14-21-8-3-1-4-9-21)17-15-27(25,31)24-12-5-2-6-13-24/h2,5-7,10-13,18,21,25-26,30-31H,1,3-4,8-9,14-17,20H2/t25-,26-,27+/m0/s1. The molecule has 4 heteroatoms. The van der Waals surface area contributed by atoms with Crippen molar-refractivity contribution in [3.63, 3.8) is 0 Å². The van der Waals surface area contributed by atoms with Crippen molar-refractivity contribution in [1.29, 1.82) is 5.26 Å². The average molecular weight is 419 g/mol. The Labute approximate surface area is 186 Å². The van der Waals surface area contributed by atoms with Gasteiger partial charge in [-0.2, -0.15) is 5.26 Å². The first-order valence-corrected chi connectivity index (χ1v) is 11.8. The number of hydrogen-bond acceptors (Lipinski definition) is 4. The van der Waals surface area contributed by atoms with Crippen molar-refractivity contribution in [2.45, 2.75) is 56.7 Å². The van der Waals surface area contributed by atoms with Crippen LogP contribution >= 0.6 is 0 Å². The molecule has 3 atom stereocenters. The lowest BCUT2D eigenvalue weighted by Gasteiger charge is -2.47. The van der Waals surface area contributed by atoms with Gasteiger partial charge in [0, 0.05) is 19.0 Å². The molecule has 2 aromatic rings. The third kappa shape index (κ3) is 5.01. The summed E-state index contributed by atoms with van der Waals surface area (Å²) in [5.74, 6) is 0.461. The molecule has 164 valence electrons. The maximum absolute atomic E-state index is 11.8. The molecule has 31 heavy (non-hydrogen) atoms. The molecule has 0 spiro atoms. The Hall–Kier alpha value is -2.19. The fourth-order valence-corrected chi connectivity index (χ4v) is 5.55. The molecular weight excluding hydrogens is 384 g/mol. The predicted molar refractivity (Wildman–Crippen MR) is 122 cm³/mol. The van der Waals surface area contributed by atoms with E-state index in [1.807, 2.05) is 42.5 Å². The van der Waals surface area contributed by atoms with Crippen molar-refractivity contribution >= 4 is 0 Å². The number of benzene rings is 2. The van der Waals surface area contributed by atoms with Gasteiger partial charge in [0.1, 0.15) is 0 Å². The number of hydrogen-bond donors (Lipinski definition) is 2. The first kappa shape index (κ1) is 22.0. The van der Waals surface area contributed by atoms with E-state index in [2.05, 4.69) is 11.0 Å². The van der Waals surface area contributed by atoms with E-state index in [1.54, 1.807) is 12.1 Å². The Kier molecular flexibility index (Phi) is 7.07. The van der Waals surface area contributed by atoms with Crippen LogP contribution in [0.1, 0.15) is 67.7 Å². The zero-order chi connectivity index (χ0) is 21.7. The van der Waals surface area contributed by atoms with E-state index in [9.17, 15) is 15.5 Å². The number of likely N-dealkylation sites (tertiary alicyclic amines) is 1. The van der Waals surface area contributed by atoms with Crippen LogP contribution in [0.4, 0.5) is 0 Å². The molecule has 0 radical (unpaired) electrons. The zero-order valence-electron chi connectivity index (χ0n) is 18.3. The summed E-state index contributed by atoms with van der Waals surface area (Å²) in [6.45, 7) is 2.51. The van der Waals surface area contributed by atoms with Crippen LogP contribution in [0.3, 0.4) is 0 Å². The van der Waals surface area contributed by atoms with Crippen molar-refractivity contribution in [2.24, 2.45) is 11.8 Å². The van der Waals surface area contributed by atoms with Gasteiger partial charge in [0.2, 0.25) is 0 Å². The van der Waals surface area contributed by atoms with Gasteiger partial charge < -0.3 is 15.1 Å². The summed E-state index contributed by atoms with van der Waals surface area (Å²) >= 11 is 0. The number of nitrogens with zero attached hydrogens (tertiary/aromatic N) is 2. The lowest BCUT2D eigenvalue weighted by molar-refractivity contribution is -0.123. The monoisotopic (exact) mass is 418 g/mol. The minimum atomic E-state index is -1.09. The van der Waals surface area contributed by atoms with Gasteiger partial charge in [0.15, 0.2) is 0 Å². The summed E-state index contributed by atoms with van der Waals surface area (Å²) in [5.41, 5.74) is 1.00. The summed E-state index contributed by atoms with van der Waals surface area (Å²) in [5, 5.41) is 32.5. The highest BCUT2D eigenvalue weighted by atomic mass is 16.3. The fraction of sp³-hybridized carbons (Fsp3) is 0.519. The first-order chi connectivity index (χ1) is 15.1. The molecular formula is C27H34N2O2. The first-order valence-electron chi connectivity index (χ1n) is 11.8. The number of rotatable bonds is 6. The molecule has 1 saturated carbocycles. The lowest BCUT2D eigenvalue weighted by Crippen LogP contribution is -2.52. The van der Waals surface area contributed by atoms with Gasteiger partial charge in [-0.15, -0.1) is 0 Å². The van der Waals surface area contributed by atoms with E-state index in [0.29, 0.717) is 24.1 Å². The van der Waals surface area contributed by atoms with Crippen LogP contribution in [0.2, 0.25) is 0 Å². The summed E-state index contributed by atoms with van der Waals surface area (Å²) in [6, 6.07) is 19.1. The van der Waals surface area contributed by atoms with Crippen LogP contribution in [0.5, 0.6) is 0 Å². The normalized spacial score (nSPS) is 26.3. The maximum atomic E-state index is 11.8. The second-order valence-corrected chi connectivity index (χ2v) is 9.42. The van der Waals surface area contributed by atoms with Crippen molar-refractivity contribution < 1.29 is 10.2 Å². The lowest BCUT2D eigenvalue weighted by atomic mass is 9.71. The maximum Gasteiger partial charge on any atom is 0.0991 e. The van der Waals surface area contributed by atoms with E-state index in [4.69, 9.17) is 0 Å². The topological polar surface area (TPSA) is 67.5 Å². The minimum absolute atomic E-state index is 0.357. The van der Waals surface area contributed by atoms with Crippen molar-refractivity contribution in [1.82, 2.24) is 4.90 Å². The molecule has 0 aromatic heterocycles. The summed E-state index contributed by atoms with van der Waals surface area (Å²) in [6.07, 6.45) is 7.74. The van der Waals surface area contributed by atoms with Gasteiger partial charge in [0.05, 0.1) is 23.3 Å². The third-order valence-corrected chi connectivity index (χ3v) is 7.47. The van der Waals surface area contributed by atoms with E-state index in [-0.39, 0.29) is 5.92 Å². The van der Waals surface area contributed by atoms with Gasteiger partial charge in [-0.25, -0.2) is 0 Å². The zero-order valence-corrected chi connectivity index (χ0v) is 18.3. The molecule has 1 heterocycles. The largest absolute Gasteiger partial charge is 0.388 e. The van der Waals surface area contributed by atoms with Crippen LogP contribution < -0.4 is 0 Å². The van der Waals surface area contributed by atoms with Gasteiger partial charge in [-0.3, -0.25) is 0 Å². The van der Waals surface area contributed by atoms with Crippen LogP contribution in [0.15, 0.2) is 54.6 Å². The van der Waals surface area contributed by atoms with E-state index < -0.39 is 11.7 Å². The van der Waals surface area contributed by atoms with Gasteiger partial charge >= 0.3 is 0 Å². The van der Waals surface area contributed by atoms with E-state index >= 15 is 0 Å². The molecule has 0 unspecified atom stereocenters. The number of nitriles is 1. The quantitative estimate of drug-likeness (QED) is 0.709. The summed E-state index contributed by atoms with van der Waals surface area (Å²) < 4.78 is 0. The SMILES string of the molecule is N#Cc1cccc([C@H](O)[C@@H]2CN(CCC3CCCCC3)CC[C@@]2(O)c2ccccc2)c1. The highest BCUT2D eigenvalue weighted by Gasteiger charge is 2.46. The smallest absolute Gasteiger partial charge is 0.0991 e. The molecule has 1 aliphatic heterocycles. The van der Waals surface area contributed by atoms with Crippen molar-refractivity contribution in [2.75, 3.05) is 19.6 Å². The van der Waals surface area contributed by atoms with Crippen LogP contribution in [-0.4, -0.2) is 34.7 Å². The Bertz CT molecular complexity index is 888. The molecule has 1 saturated heterocycles. The Morgan fingerprint density at radius 2 is 1.84 bits per heavy atom. The molecule has 2 aliphatic rings.